The predicted molar refractivity (Wildman–Crippen MR) is 90.4 cm³/mol. The minimum Gasteiger partial charge on any atom is -0.465 e. The van der Waals surface area contributed by atoms with Crippen molar-refractivity contribution >= 4 is 12.7 Å². The van der Waals surface area contributed by atoms with Crippen molar-refractivity contribution in [2.45, 2.75) is 19.8 Å². The van der Waals surface area contributed by atoms with Gasteiger partial charge in [-0.25, -0.2) is 9.79 Å². The molecule has 23 heavy (non-hydrogen) atoms. The maximum Gasteiger partial charge on any atom is 0.341 e. The van der Waals surface area contributed by atoms with Gasteiger partial charge in [0.2, 0.25) is 0 Å². The summed E-state index contributed by atoms with van der Waals surface area (Å²) in [6.07, 6.45) is 4.12. The van der Waals surface area contributed by atoms with Crippen molar-refractivity contribution < 1.29 is 14.3 Å². The molecule has 0 radical (unpaired) electrons. The Labute approximate surface area is 138 Å². The van der Waals surface area contributed by atoms with Gasteiger partial charge in [-0.2, -0.15) is 0 Å². The second-order valence-electron chi connectivity index (χ2n) is 5.96. The zero-order valence-electron chi connectivity index (χ0n) is 14.2. The maximum atomic E-state index is 12.2. The van der Waals surface area contributed by atoms with Crippen LogP contribution >= 0.6 is 0 Å². The second kappa shape index (κ2) is 8.84. The minimum atomic E-state index is -0.361. The van der Waals surface area contributed by atoms with E-state index in [0.29, 0.717) is 11.4 Å². The average Bonchev–Trinajstić information content (AvgIpc) is 3.09. The molecule has 0 spiro atoms. The molecular weight excluding hydrogens is 294 g/mol. The lowest BCUT2D eigenvalue weighted by molar-refractivity contribution is -0.135. The van der Waals surface area contributed by atoms with Crippen LogP contribution in [0.3, 0.4) is 0 Å². The van der Waals surface area contributed by atoms with Crippen LogP contribution in [0.4, 0.5) is 0 Å². The zero-order chi connectivity index (χ0) is 16.7. The number of hydrogen-bond acceptors (Lipinski definition) is 6. The molecule has 0 unspecified atom stereocenters. The van der Waals surface area contributed by atoms with Gasteiger partial charge < -0.3 is 14.4 Å². The lowest BCUT2D eigenvalue weighted by Gasteiger charge is -2.27. The Kier molecular flexibility index (Phi) is 6.80. The number of aliphatic imine (C=N–C) groups is 1. The zero-order valence-corrected chi connectivity index (χ0v) is 14.2. The van der Waals surface area contributed by atoms with E-state index in [-0.39, 0.29) is 5.97 Å². The van der Waals surface area contributed by atoms with Gasteiger partial charge in [-0.1, -0.05) is 5.57 Å². The molecule has 0 amide bonds. The summed E-state index contributed by atoms with van der Waals surface area (Å²) in [5.74, 6) is 0.274. The van der Waals surface area contributed by atoms with E-state index in [0.717, 1.165) is 64.4 Å². The number of methoxy groups -OCH3 is 1. The third-order valence-electron chi connectivity index (χ3n) is 4.17. The molecule has 0 aromatic heterocycles. The summed E-state index contributed by atoms with van der Waals surface area (Å²) < 4.78 is 10.3. The van der Waals surface area contributed by atoms with Crippen molar-refractivity contribution in [2.75, 3.05) is 53.0 Å². The van der Waals surface area contributed by atoms with E-state index in [1.54, 1.807) is 0 Å². The van der Waals surface area contributed by atoms with Crippen LogP contribution in [0, 0.1) is 0 Å². The van der Waals surface area contributed by atoms with Crippen molar-refractivity contribution in [1.29, 1.82) is 0 Å². The molecule has 128 valence electrons. The van der Waals surface area contributed by atoms with Crippen LogP contribution in [-0.2, 0) is 14.3 Å². The highest BCUT2D eigenvalue weighted by Gasteiger charge is 2.22. The highest BCUT2D eigenvalue weighted by atomic mass is 16.5. The molecule has 0 aliphatic carbocycles. The van der Waals surface area contributed by atoms with Crippen molar-refractivity contribution in [3.63, 3.8) is 0 Å². The highest BCUT2D eigenvalue weighted by Crippen LogP contribution is 2.21. The van der Waals surface area contributed by atoms with E-state index in [2.05, 4.69) is 21.5 Å². The molecule has 0 aromatic carbocycles. The van der Waals surface area contributed by atoms with E-state index in [1.807, 2.05) is 13.0 Å². The minimum absolute atomic E-state index is 0.361. The van der Waals surface area contributed by atoms with Crippen LogP contribution in [0.15, 0.2) is 28.0 Å². The van der Waals surface area contributed by atoms with Crippen LogP contribution in [0.25, 0.3) is 0 Å². The first-order valence-corrected chi connectivity index (χ1v) is 8.17. The number of nitrogens with zero attached hydrogens (tertiary/aromatic N) is 3. The molecule has 2 fully saturated rings. The van der Waals surface area contributed by atoms with Gasteiger partial charge >= 0.3 is 5.97 Å². The predicted octanol–water partition coefficient (Wildman–Crippen LogP) is 1.45. The fraction of sp³-hybridized carbons (Fsp3) is 0.647. The molecule has 2 aliphatic rings. The number of morpholine rings is 1. The van der Waals surface area contributed by atoms with Gasteiger partial charge in [-0.3, -0.25) is 4.90 Å². The van der Waals surface area contributed by atoms with E-state index in [4.69, 9.17) is 9.47 Å². The number of esters is 1. The Bertz CT molecular complexity index is 487. The number of hydrogen-bond donors (Lipinski definition) is 0. The number of carbonyl (C=O) groups excluding carboxylic acids is 1. The fourth-order valence-corrected chi connectivity index (χ4v) is 3.01. The standard InChI is InChI=1S/C17H27N3O3/c1-14(13-19-8-10-23-11-9-19)12-15(17(21)22-3)16(18-2)20-6-4-5-7-20/h12H,2,4-11,13H2,1,3H3/b14-12+,16-15-. The molecule has 0 N–H and O–H groups in total. The number of rotatable bonds is 6. The lowest BCUT2D eigenvalue weighted by Crippen LogP contribution is -2.37. The van der Waals surface area contributed by atoms with E-state index in [1.165, 1.54) is 7.11 Å². The van der Waals surface area contributed by atoms with E-state index >= 15 is 0 Å². The first kappa shape index (κ1) is 17.7. The van der Waals surface area contributed by atoms with Gasteiger partial charge in [-0.05, 0) is 32.6 Å². The van der Waals surface area contributed by atoms with Gasteiger partial charge in [-0.15, -0.1) is 0 Å². The number of carbonyl (C=O) groups is 1. The van der Waals surface area contributed by atoms with Crippen LogP contribution in [0.1, 0.15) is 19.8 Å². The summed E-state index contributed by atoms with van der Waals surface area (Å²) in [6, 6.07) is 0. The molecule has 0 atom stereocenters. The Morgan fingerprint density at radius 1 is 1.26 bits per heavy atom. The highest BCUT2D eigenvalue weighted by molar-refractivity contribution is 5.92. The van der Waals surface area contributed by atoms with Crippen LogP contribution < -0.4 is 0 Å². The average molecular weight is 321 g/mol. The number of ether oxygens (including phenoxy) is 2. The SMILES string of the molecule is C=N/C(=C(\C=C(/C)CN1CCOCC1)C(=O)OC)N1CCCC1. The first-order valence-electron chi connectivity index (χ1n) is 8.17. The van der Waals surface area contributed by atoms with Crippen molar-refractivity contribution in [2.24, 2.45) is 4.99 Å². The van der Waals surface area contributed by atoms with E-state index in [9.17, 15) is 4.79 Å². The van der Waals surface area contributed by atoms with Gasteiger partial charge in [0.15, 0.2) is 0 Å². The van der Waals surface area contributed by atoms with Crippen molar-refractivity contribution in [3.05, 3.63) is 23.0 Å². The summed E-state index contributed by atoms with van der Waals surface area (Å²) in [5.41, 5.74) is 1.60. The molecule has 2 heterocycles. The monoisotopic (exact) mass is 321 g/mol. The Morgan fingerprint density at radius 3 is 2.48 bits per heavy atom. The summed E-state index contributed by atoms with van der Waals surface area (Å²) in [4.78, 5) is 20.8. The molecule has 0 saturated carbocycles. The molecule has 2 rings (SSSR count). The first-order chi connectivity index (χ1) is 11.2. The normalized spacial score (nSPS) is 21.1. The summed E-state index contributed by atoms with van der Waals surface area (Å²) in [5, 5.41) is 0. The molecule has 0 aromatic rings. The quantitative estimate of drug-likeness (QED) is 0.321. The molecule has 6 heteroatoms. The van der Waals surface area contributed by atoms with Gasteiger partial charge in [0, 0.05) is 32.7 Å². The third kappa shape index (κ3) is 4.91. The second-order valence-corrected chi connectivity index (χ2v) is 5.96. The number of likely N-dealkylation sites (tertiary alicyclic amines) is 1. The summed E-state index contributed by atoms with van der Waals surface area (Å²) in [7, 11) is 1.40. The van der Waals surface area contributed by atoms with Gasteiger partial charge in [0.05, 0.1) is 20.3 Å². The molecular formula is C17H27N3O3. The van der Waals surface area contributed by atoms with Gasteiger partial charge in [0.25, 0.3) is 0 Å². The fourth-order valence-electron chi connectivity index (χ4n) is 3.01. The molecule has 6 nitrogen and oxygen atoms in total. The third-order valence-corrected chi connectivity index (χ3v) is 4.17. The smallest absolute Gasteiger partial charge is 0.341 e. The summed E-state index contributed by atoms with van der Waals surface area (Å²) >= 11 is 0. The Hall–Kier alpha value is -1.66. The maximum absolute atomic E-state index is 12.2. The topological polar surface area (TPSA) is 54.4 Å². The van der Waals surface area contributed by atoms with Crippen molar-refractivity contribution in [3.8, 4) is 0 Å². The van der Waals surface area contributed by atoms with Gasteiger partial charge in [0.1, 0.15) is 11.4 Å². The van der Waals surface area contributed by atoms with Crippen LogP contribution in [-0.4, -0.2) is 75.5 Å². The Balaban J connectivity index is 2.20. The molecule has 2 saturated heterocycles. The van der Waals surface area contributed by atoms with E-state index < -0.39 is 0 Å². The van der Waals surface area contributed by atoms with Crippen molar-refractivity contribution in [1.82, 2.24) is 9.80 Å². The van der Waals surface area contributed by atoms with Crippen LogP contribution in [0.5, 0.6) is 0 Å². The summed E-state index contributed by atoms with van der Waals surface area (Å²) in [6.45, 7) is 11.7. The lowest BCUT2D eigenvalue weighted by atomic mass is 10.1. The molecule has 0 bridgehead atoms. The Morgan fingerprint density at radius 2 is 1.91 bits per heavy atom. The van der Waals surface area contributed by atoms with Crippen LogP contribution in [0.2, 0.25) is 0 Å². The molecule has 2 aliphatic heterocycles. The largest absolute Gasteiger partial charge is 0.465 e.